The smallest absolute Gasteiger partial charge is 0.474 e. The average molecular weight is 398 g/mol. The maximum Gasteiger partial charge on any atom is 0.494 e. The fraction of sp³-hybridized carbons (Fsp3) is 0.435. The summed E-state index contributed by atoms with van der Waals surface area (Å²) in [6, 6.07) is 16.6. The van der Waals surface area contributed by atoms with Crippen molar-refractivity contribution in [2.45, 2.75) is 58.8 Å². The van der Waals surface area contributed by atoms with Gasteiger partial charge in [-0.2, -0.15) is 0 Å². The van der Waals surface area contributed by atoms with Crippen LogP contribution in [0.4, 0.5) is 0 Å². The standard InChI is InChI=1S/C21H25BO5.C2H6/c1-20(2)21(3,4)27-22(26-20)16-11-13-17(14-12-16)25-18(19(23)24-5)15-9-7-6-8-10-15;1-2/h6-14,18H,1-5H3;1-2H3. The lowest BCUT2D eigenvalue weighted by atomic mass is 9.79. The number of carbonyl (C=O) groups is 1. The van der Waals surface area contributed by atoms with Crippen molar-refractivity contribution >= 4 is 18.6 Å². The number of rotatable bonds is 5. The van der Waals surface area contributed by atoms with Crippen LogP contribution >= 0.6 is 0 Å². The zero-order chi connectivity index (χ0) is 21.7. The van der Waals surface area contributed by atoms with Gasteiger partial charge in [-0.05, 0) is 45.3 Å². The van der Waals surface area contributed by atoms with Gasteiger partial charge in [-0.15, -0.1) is 0 Å². The minimum absolute atomic E-state index is 0.393. The van der Waals surface area contributed by atoms with E-state index in [1.165, 1.54) is 7.11 Å². The van der Waals surface area contributed by atoms with Gasteiger partial charge in [0.2, 0.25) is 6.10 Å². The highest BCUT2D eigenvalue weighted by atomic mass is 16.7. The van der Waals surface area contributed by atoms with Crippen LogP contribution in [0.15, 0.2) is 54.6 Å². The Morgan fingerprint density at radius 3 is 1.90 bits per heavy atom. The molecule has 1 aliphatic rings. The van der Waals surface area contributed by atoms with Gasteiger partial charge in [-0.1, -0.05) is 56.3 Å². The largest absolute Gasteiger partial charge is 0.494 e. The monoisotopic (exact) mass is 398 g/mol. The van der Waals surface area contributed by atoms with Gasteiger partial charge in [0.15, 0.2) is 0 Å². The molecule has 2 aromatic rings. The van der Waals surface area contributed by atoms with E-state index in [0.29, 0.717) is 5.75 Å². The topological polar surface area (TPSA) is 54.0 Å². The highest BCUT2D eigenvalue weighted by Gasteiger charge is 2.51. The van der Waals surface area contributed by atoms with E-state index in [-0.39, 0.29) is 0 Å². The van der Waals surface area contributed by atoms with E-state index in [1.807, 2.05) is 84.0 Å². The Kier molecular flexibility index (Phi) is 7.50. The summed E-state index contributed by atoms with van der Waals surface area (Å²) >= 11 is 0. The van der Waals surface area contributed by atoms with Crippen LogP contribution in [0.3, 0.4) is 0 Å². The van der Waals surface area contributed by atoms with Gasteiger partial charge in [0.05, 0.1) is 18.3 Å². The molecule has 3 rings (SSSR count). The molecule has 1 aliphatic heterocycles. The zero-order valence-electron chi connectivity index (χ0n) is 18.4. The predicted octanol–water partition coefficient (Wildman–Crippen LogP) is 4.31. The van der Waals surface area contributed by atoms with E-state index >= 15 is 0 Å². The van der Waals surface area contributed by atoms with E-state index < -0.39 is 30.4 Å². The third-order valence-electron chi connectivity index (χ3n) is 5.18. The number of methoxy groups -OCH3 is 1. The molecule has 0 N–H and O–H groups in total. The Labute approximate surface area is 174 Å². The van der Waals surface area contributed by atoms with Gasteiger partial charge in [0, 0.05) is 5.56 Å². The summed E-state index contributed by atoms with van der Waals surface area (Å²) in [4.78, 5) is 12.1. The number of carbonyl (C=O) groups excluding carboxylic acids is 1. The maximum absolute atomic E-state index is 12.1. The van der Waals surface area contributed by atoms with Crippen molar-refractivity contribution in [1.82, 2.24) is 0 Å². The molecule has 1 saturated heterocycles. The minimum Gasteiger partial charge on any atom is -0.474 e. The second-order valence-electron chi connectivity index (χ2n) is 7.59. The lowest BCUT2D eigenvalue weighted by Gasteiger charge is -2.32. The first kappa shape index (κ1) is 23.0. The first-order valence-corrected chi connectivity index (χ1v) is 9.98. The van der Waals surface area contributed by atoms with Crippen molar-refractivity contribution < 1.29 is 23.6 Å². The molecule has 6 heteroatoms. The molecule has 0 radical (unpaired) electrons. The first-order valence-electron chi connectivity index (χ1n) is 9.98. The number of esters is 1. The predicted molar refractivity (Wildman–Crippen MR) is 115 cm³/mol. The summed E-state index contributed by atoms with van der Waals surface area (Å²) in [5.41, 5.74) is 0.849. The highest BCUT2D eigenvalue weighted by Crippen LogP contribution is 2.36. The Morgan fingerprint density at radius 1 is 0.897 bits per heavy atom. The Balaban J connectivity index is 0.00000145. The Bertz CT molecular complexity index is 771. The third-order valence-corrected chi connectivity index (χ3v) is 5.18. The summed E-state index contributed by atoms with van der Waals surface area (Å²) in [5.74, 6) is 0.116. The van der Waals surface area contributed by atoms with E-state index in [1.54, 1.807) is 12.1 Å². The molecule has 0 amide bonds. The van der Waals surface area contributed by atoms with E-state index in [2.05, 4.69) is 0 Å². The van der Waals surface area contributed by atoms with Crippen molar-refractivity contribution in [1.29, 1.82) is 0 Å². The molecule has 1 unspecified atom stereocenters. The number of hydrogen-bond acceptors (Lipinski definition) is 5. The van der Waals surface area contributed by atoms with Crippen LogP contribution in [0, 0.1) is 0 Å². The van der Waals surface area contributed by atoms with Crippen LogP contribution in [0.5, 0.6) is 5.75 Å². The van der Waals surface area contributed by atoms with Crippen LogP contribution in [-0.2, 0) is 18.8 Å². The lowest BCUT2D eigenvalue weighted by molar-refractivity contribution is -0.149. The molecule has 5 nitrogen and oxygen atoms in total. The molecule has 1 heterocycles. The van der Waals surface area contributed by atoms with E-state index in [4.69, 9.17) is 18.8 Å². The second kappa shape index (κ2) is 9.46. The molecule has 1 fully saturated rings. The molecule has 0 saturated carbocycles. The molecule has 0 spiro atoms. The maximum atomic E-state index is 12.1. The normalized spacial score (nSPS) is 17.7. The minimum atomic E-state index is -0.820. The molecule has 156 valence electrons. The number of ether oxygens (including phenoxy) is 2. The van der Waals surface area contributed by atoms with Gasteiger partial charge < -0.3 is 18.8 Å². The van der Waals surface area contributed by atoms with Crippen LogP contribution in [0.1, 0.15) is 53.2 Å². The molecule has 1 atom stereocenters. The SMILES string of the molecule is CC.COC(=O)C(Oc1ccc(B2OC(C)(C)C(C)(C)O2)cc1)c1ccccc1. The number of hydrogen-bond donors (Lipinski definition) is 0. The van der Waals surface area contributed by atoms with Crippen molar-refractivity contribution in [2.24, 2.45) is 0 Å². The second-order valence-corrected chi connectivity index (χ2v) is 7.59. The molecular formula is C23H31BO5. The first-order chi connectivity index (χ1) is 13.7. The van der Waals surface area contributed by atoms with Crippen LogP contribution < -0.4 is 10.2 Å². The van der Waals surface area contributed by atoms with Crippen molar-refractivity contribution in [3.63, 3.8) is 0 Å². The van der Waals surface area contributed by atoms with Crippen molar-refractivity contribution in [2.75, 3.05) is 7.11 Å². The quantitative estimate of drug-likeness (QED) is 0.555. The molecular weight excluding hydrogens is 367 g/mol. The van der Waals surface area contributed by atoms with Gasteiger partial charge in [-0.25, -0.2) is 4.79 Å². The molecule has 29 heavy (non-hydrogen) atoms. The van der Waals surface area contributed by atoms with Crippen LogP contribution in [0.2, 0.25) is 0 Å². The van der Waals surface area contributed by atoms with Crippen molar-refractivity contribution in [3.8, 4) is 5.75 Å². The van der Waals surface area contributed by atoms with E-state index in [0.717, 1.165) is 11.0 Å². The molecule has 0 aliphatic carbocycles. The molecule has 2 aromatic carbocycles. The van der Waals surface area contributed by atoms with Gasteiger partial charge in [-0.3, -0.25) is 0 Å². The zero-order valence-corrected chi connectivity index (χ0v) is 18.4. The van der Waals surface area contributed by atoms with Gasteiger partial charge in [0.1, 0.15) is 5.75 Å². The number of benzene rings is 2. The summed E-state index contributed by atoms with van der Waals surface area (Å²) in [5, 5.41) is 0. The third kappa shape index (κ3) is 5.20. The van der Waals surface area contributed by atoms with Gasteiger partial charge >= 0.3 is 13.1 Å². The van der Waals surface area contributed by atoms with E-state index in [9.17, 15) is 4.79 Å². The molecule has 0 aromatic heterocycles. The van der Waals surface area contributed by atoms with Gasteiger partial charge in [0.25, 0.3) is 0 Å². The summed E-state index contributed by atoms with van der Waals surface area (Å²) in [7, 11) is 0.915. The van der Waals surface area contributed by atoms with Crippen molar-refractivity contribution in [3.05, 3.63) is 60.2 Å². The highest BCUT2D eigenvalue weighted by molar-refractivity contribution is 6.62. The van der Waals surface area contributed by atoms with Crippen LogP contribution in [-0.4, -0.2) is 31.4 Å². The summed E-state index contributed by atoms with van der Waals surface area (Å²) in [6.45, 7) is 12.1. The lowest BCUT2D eigenvalue weighted by Crippen LogP contribution is -2.41. The summed E-state index contributed by atoms with van der Waals surface area (Å²) in [6.07, 6.45) is -0.820. The fourth-order valence-electron chi connectivity index (χ4n) is 2.81. The summed E-state index contributed by atoms with van der Waals surface area (Å²) < 4.78 is 22.9. The Morgan fingerprint density at radius 2 is 1.41 bits per heavy atom. The fourth-order valence-corrected chi connectivity index (χ4v) is 2.81. The molecule has 0 bridgehead atoms. The average Bonchev–Trinajstić information content (AvgIpc) is 2.95. The van der Waals surface area contributed by atoms with Crippen LogP contribution in [0.25, 0.3) is 0 Å². The Hall–Kier alpha value is -2.31.